The summed E-state index contributed by atoms with van der Waals surface area (Å²) in [6.07, 6.45) is 11.4. The molecular formula is C38H41ClN2. The van der Waals surface area contributed by atoms with Crippen molar-refractivity contribution in [3.63, 3.8) is 0 Å². The molecule has 1 heterocycles. The van der Waals surface area contributed by atoms with E-state index in [-0.39, 0.29) is 11.0 Å². The van der Waals surface area contributed by atoms with Gasteiger partial charge < -0.3 is 9.80 Å². The van der Waals surface area contributed by atoms with Crippen LogP contribution in [-0.4, -0.2) is 5.54 Å². The molecule has 2 nitrogen and oxygen atoms in total. The van der Waals surface area contributed by atoms with Crippen LogP contribution >= 0.6 is 11.6 Å². The zero-order valence-corrected chi connectivity index (χ0v) is 25.2. The van der Waals surface area contributed by atoms with Gasteiger partial charge in [-0.05, 0) is 92.1 Å². The summed E-state index contributed by atoms with van der Waals surface area (Å²) in [6, 6.07) is 35.1. The predicted octanol–water partition coefficient (Wildman–Crippen LogP) is 11.6. The molecular weight excluding hydrogens is 520 g/mol. The minimum atomic E-state index is -0.0368. The lowest BCUT2D eigenvalue weighted by molar-refractivity contribution is 0.193. The summed E-state index contributed by atoms with van der Waals surface area (Å²) in [5.41, 5.74) is 8.94. The van der Waals surface area contributed by atoms with Crippen LogP contribution in [0.25, 0.3) is 0 Å². The van der Waals surface area contributed by atoms with Crippen molar-refractivity contribution in [1.82, 2.24) is 0 Å². The van der Waals surface area contributed by atoms with Gasteiger partial charge in [-0.25, -0.2) is 0 Å². The maximum Gasteiger partial charge on any atom is 0.0886 e. The molecule has 0 aromatic heterocycles. The molecule has 2 unspecified atom stereocenters. The Morgan fingerprint density at radius 2 is 1.27 bits per heavy atom. The van der Waals surface area contributed by atoms with E-state index in [9.17, 15) is 0 Å². The molecule has 210 valence electrons. The van der Waals surface area contributed by atoms with Gasteiger partial charge in [0.15, 0.2) is 0 Å². The van der Waals surface area contributed by atoms with E-state index < -0.39 is 0 Å². The van der Waals surface area contributed by atoms with E-state index in [0.717, 1.165) is 22.1 Å². The van der Waals surface area contributed by atoms with Crippen LogP contribution in [0.5, 0.6) is 0 Å². The van der Waals surface area contributed by atoms with Gasteiger partial charge >= 0.3 is 0 Å². The fourth-order valence-electron chi connectivity index (χ4n) is 8.40. The highest BCUT2D eigenvalue weighted by atomic mass is 35.5. The van der Waals surface area contributed by atoms with Crippen molar-refractivity contribution < 1.29 is 0 Å². The minimum Gasteiger partial charge on any atom is -0.333 e. The zero-order valence-electron chi connectivity index (χ0n) is 24.5. The van der Waals surface area contributed by atoms with Crippen LogP contribution < -0.4 is 9.80 Å². The van der Waals surface area contributed by atoms with E-state index in [1.165, 1.54) is 74.7 Å². The Balaban J connectivity index is 1.56. The van der Waals surface area contributed by atoms with Crippen LogP contribution in [0.2, 0.25) is 5.02 Å². The molecule has 1 aliphatic heterocycles. The van der Waals surface area contributed by atoms with Gasteiger partial charge in [-0.3, -0.25) is 0 Å². The Hall–Kier alpha value is -3.23. The van der Waals surface area contributed by atoms with E-state index in [0.29, 0.717) is 5.92 Å². The van der Waals surface area contributed by atoms with Crippen molar-refractivity contribution >= 4 is 40.0 Å². The average molecular weight is 561 g/mol. The molecule has 0 radical (unpaired) electrons. The van der Waals surface area contributed by atoms with Crippen molar-refractivity contribution in [2.24, 2.45) is 0 Å². The van der Waals surface area contributed by atoms with Crippen LogP contribution in [0, 0.1) is 0 Å². The summed E-state index contributed by atoms with van der Waals surface area (Å²) < 4.78 is 0. The molecule has 0 spiro atoms. The van der Waals surface area contributed by atoms with E-state index in [2.05, 4.69) is 121 Å². The summed E-state index contributed by atoms with van der Waals surface area (Å²) in [7, 11) is 0. The van der Waals surface area contributed by atoms with Crippen LogP contribution in [0.4, 0.5) is 28.4 Å². The maximum absolute atomic E-state index is 7.81. The summed E-state index contributed by atoms with van der Waals surface area (Å²) in [6.45, 7) is 5.08. The Morgan fingerprint density at radius 1 is 0.707 bits per heavy atom. The molecule has 2 aliphatic carbocycles. The number of halogens is 1. The quantitative estimate of drug-likeness (QED) is 0.239. The molecule has 41 heavy (non-hydrogen) atoms. The molecule has 0 saturated heterocycles. The third-order valence-electron chi connectivity index (χ3n) is 10.6. The van der Waals surface area contributed by atoms with Crippen LogP contribution in [0.15, 0.2) is 97.1 Å². The van der Waals surface area contributed by atoms with Crippen molar-refractivity contribution in [3.8, 4) is 0 Å². The molecule has 3 aliphatic rings. The van der Waals surface area contributed by atoms with Crippen molar-refractivity contribution in [2.45, 2.75) is 88.5 Å². The summed E-state index contributed by atoms with van der Waals surface area (Å²) in [5.74, 6) is 0.570. The van der Waals surface area contributed by atoms with Gasteiger partial charge in [0.2, 0.25) is 0 Å². The second-order valence-electron chi connectivity index (χ2n) is 12.8. The number of benzene rings is 4. The first-order valence-electron chi connectivity index (χ1n) is 15.7. The number of fused-ring (bicyclic) bond motifs is 3. The van der Waals surface area contributed by atoms with Gasteiger partial charge in [-0.2, -0.15) is 0 Å². The summed E-state index contributed by atoms with van der Waals surface area (Å²) in [5, 5.41) is 0.868. The SMILES string of the molecule is CC12CCCCC1(C)N(c1ccccc1)c1c(Cl)c(N(c3ccccc3)c3ccccc3)cc(C3CCCCC3)c12. The maximum atomic E-state index is 7.81. The third kappa shape index (κ3) is 4.21. The fraction of sp³-hybridized carbons (Fsp3) is 0.368. The van der Waals surface area contributed by atoms with E-state index >= 15 is 0 Å². The largest absolute Gasteiger partial charge is 0.333 e. The molecule has 3 heteroatoms. The second kappa shape index (κ2) is 10.6. The Morgan fingerprint density at radius 3 is 1.88 bits per heavy atom. The van der Waals surface area contributed by atoms with Crippen molar-refractivity contribution in [1.29, 1.82) is 0 Å². The average Bonchev–Trinajstić information content (AvgIpc) is 3.25. The molecule has 2 fully saturated rings. The molecule has 2 saturated carbocycles. The number of nitrogens with zero attached hydrogens (tertiary/aromatic N) is 2. The zero-order chi connectivity index (χ0) is 28.0. The number of rotatable bonds is 5. The molecule has 4 aromatic carbocycles. The van der Waals surface area contributed by atoms with E-state index in [4.69, 9.17) is 11.6 Å². The highest BCUT2D eigenvalue weighted by Gasteiger charge is 2.59. The predicted molar refractivity (Wildman–Crippen MR) is 175 cm³/mol. The van der Waals surface area contributed by atoms with Crippen molar-refractivity contribution in [3.05, 3.63) is 113 Å². The highest BCUT2D eigenvalue weighted by molar-refractivity contribution is 6.37. The van der Waals surface area contributed by atoms with E-state index in [1.54, 1.807) is 5.56 Å². The van der Waals surface area contributed by atoms with Gasteiger partial charge in [0.05, 0.1) is 21.9 Å². The first kappa shape index (κ1) is 26.7. The Bertz CT molecular complexity index is 1470. The van der Waals surface area contributed by atoms with Gasteiger partial charge in [0.1, 0.15) is 0 Å². The topological polar surface area (TPSA) is 6.48 Å². The monoisotopic (exact) mass is 560 g/mol. The minimum absolute atomic E-state index is 0.0368. The van der Waals surface area contributed by atoms with Crippen LogP contribution in [-0.2, 0) is 5.41 Å². The molecule has 0 N–H and O–H groups in total. The second-order valence-corrected chi connectivity index (χ2v) is 13.2. The van der Waals surface area contributed by atoms with Crippen molar-refractivity contribution in [2.75, 3.05) is 9.80 Å². The van der Waals surface area contributed by atoms with Gasteiger partial charge in [-0.15, -0.1) is 0 Å². The number of anilines is 5. The lowest BCUT2D eigenvalue weighted by Crippen LogP contribution is -2.54. The Labute approximate surface area is 251 Å². The van der Waals surface area contributed by atoms with Crippen LogP contribution in [0.1, 0.15) is 88.7 Å². The molecule has 7 rings (SSSR count). The normalized spacial score (nSPS) is 24.1. The number of para-hydroxylation sites is 3. The van der Waals surface area contributed by atoms with Gasteiger partial charge in [0.25, 0.3) is 0 Å². The first-order valence-corrected chi connectivity index (χ1v) is 16.0. The van der Waals surface area contributed by atoms with Gasteiger partial charge in [-0.1, -0.05) is 105 Å². The lowest BCUT2D eigenvalue weighted by Gasteiger charge is -2.50. The molecule has 2 atom stereocenters. The lowest BCUT2D eigenvalue weighted by atomic mass is 9.60. The Kier molecular flexibility index (Phi) is 6.86. The number of hydrogen-bond acceptors (Lipinski definition) is 2. The first-order chi connectivity index (χ1) is 20.0. The molecule has 0 bridgehead atoms. The smallest absolute Gasteiger partial charge is 0.0886 e. The van der Waals surface area contributed by atoms with Crippen LogP contribution in [0.3, 0.4) is 0 Å². The van der Waals surface area contributed by atoms with E-state index in [1.807, 2.05) is 0 Å². The standard InChI is InChI=1S/C38H41ClN2/c1-37-25-15-16-26-38(37,2)41(31-23-13-6-14-24-31)36-34(37)32(28-17-7-3-8-18-28)27-33(35(36)39)40(29-19-9-4-10-20-29)30-21-11-5-12-22-30/h4-6,9-14,19-24,27-28H,3,7-8,15-18,25-26H2,1-2H3. The fourth-order valence-corrected chi connectivity index (χ4v) is 8.72. The van der Waals surface area contributed by atoms with Gasteiger partial charge in [0, 0.05) is 22.5 Å². The summed E-state index contributed by atoms with van der Waals surface area (Å²) >= 11 is 7.81. The third-order valence-corrected chi connectivity index (χ3v) is 11.0. The molecule has 0 amide bonds. The number of hydrogen-bond donors (Lipinski definition) is 0. The summed E-state index contributed by atoms with van der Waals surface area (Å²) in [4.78, 5) is 5.04. The highest BCUT2D eigenvalue weighted by Crippen LogP contribution is 2.66. The molecule has 4 aromatic rings.